The molecule has 1 amide bonds. The lowest BCUT2D eigenvalue weighted by Crippen LogP contribution is -2.48. The van der Waals surface area contributed by atoms with Gasteiger partial charge in [0.2, 0.25) is 5.91 Å². The highest BCUT2D eigenvalue weighted by molar-refractivity contribution is 5.79. The summed E-state index contributed by atoms with van der Waals surface area (Å²) in [7, 11) is 3.36. The third kappa shape index (κ3) is 4.80. The standard InChI is InChI=1S/C22H28N2O3/c1-17-6-4-5-7-18(17)15-22(25)24-12-10-23(11-13-24)16-19-14-20(26-2)8-9-21(19)27-3/h4-9,14H,10-13,15-16H2,1-3H3. The van der Waals surface area contributed by atoms with Crippen molar-refractivity contribution in [3.8, 4) is 11.5 Å². The van der Waals surface area contributed by atoms with Crippen molar-refractivity contribution in [1.29, 1.82) is 0 Å². The van der Waals surface area contributed by atoms with Crippen LogP contribution in [0.25, 0.3) is 0 Å². The van der Waals surface area contributed by atoms with Crippen LogP contribution in [0.3, 0.4) is 0 Å². The third-order valence-corrected chi connectivity index (χ3v) is 5.21. The number of piperazine rings is 1. The first-order chi connectivity index (χ1) is 13.1. The Kier molecular flexibility index (Phi) is 6.35. The molecular weight excluding hydrogens is 340 g/mol. The number of nitrogens with zero attached hydrogens (tertiary/aromatic N) is 2. The molecule has 1 fully saturated rings. The van der Waals surface area contributed by atoms with E-state index in [9.17, 15) is 4.79 Å². The number of ether oxygens (including phenoxy) is 2. The van der Waals surface area contributed by atoms with E-state index in [2.05, 4.69) is 17.9 Å². The Hall–Kier alpha value is -2.53. The topological polar surface area (TPSA) is 42.0 Å². The highest BCUT2D eigenvalue weighted by Gasteiger charge is 2.22. The number of benzene rings is 2. The zero-order valence-electron chi connectivity index (χ0n) is 16.4. The van der Waals surface area contributed by atoms with E-state index in [1.54, 1.807) is 14.2 Å². The van der Waals surface area contributed by atoms with Gasteiger partial charge in [0.25, 0.3) is 0 Å². The Morgan fingerprint density at radius 2 is 1.70 bits per heavy atom. The second-order valence-electron chi connectivity index (χ2n) is 6.94. The van der Waals surface area contributed by atoms with Crippen LogP contribution < -0.4 is 9.47 Å². The molecule has 2 aromatic carbocycles. The first-order valence-electron chi connectivity index (χ1n) is 9.36. The minimum atomic E-state index is 0.211. The summed E-state index contributed by atoms with van der Waals surface area (Å²) in [6.07, 6.45) is 0.483. The normalized spacial score (nSPS) is 14.9. The first kappa shape index (κ1) is 19.2. The molecule has 1 aliphatic rings. The Morgan fingerprint density at radius 3 is 2.37 bits per heavy atom. The predicted molar refractivity (Wildman–Crippen MR) is 106 cm³/mol. The van der Waals surface area contributed by atoms with Crippen LogP contribution in [0, 0.1) is 6.92 Å². The van der Waals surface area contributed by atoms with Crippen molar-refractivity contribution in [1.82, 2.24) is 9.80 Å². The van der Waals surface area contributed by atoms with E-state index >= 15 is 0 Å². The molecule has 0 bridgehead atoms. The fourth-order valence-electron chi connectivity index (χ4n) is 3.48. The monoisotopic (exact) mass is 368 g/mol. The average Bonchev–Trinajstić information content (AvgIpc) is 2.70. The van der Waals surface area contributed by atoms with E-state index in [0.29, 0.717) is 6.42 Å². The lowest BCUT2D eigenvalue weighted by molar-refractivity contribution is -0.132. The average molecular weight is 368 g/mol. The number of rotatable bonds is 6. The molecule has 144 valence electrons. The number of aryl methyl sites for hydroxylation is 1. The molecule has 3 rings (SSSR count). The highest BCUT2D eigenvalue weighted by atomic mass is 16.5. The maximum absolute atomic E-state index is 12.6. The van der Waals surface area contributed by atoms with Crippen LogP contribution in [0.2, 0.25) is 0 Å². The second-order valence-corrected chi connectivity index (χ2v) is 6.94. The number of amides is 1. The molecule has 0 spiro atoms. The van der Waals surface area contributed by atoms with Crippen molar-refractivity contribution in [2.45, 2.75) is 19.9 Å². The van der Waals surface area contributed by atoms with Gasteiger partial charge in [0.05, 0.1) is 20.6 Å². The summed E-state index contributed by atoms with van der Waals surface area (Å²) in [4.78, 5) is 17.0. The fourth-order valence-corrected chi connectivity index (χ4v) is 3.48. The molecule has 0 saturated carbocycles. The molecule has 0 unspecified atom stereocenters. The van der Waals surface area contributed by atoms with Gasteiger partial charge in [-0.05, 0) is 36.2 Å². The van der Waals surface area contributed by atoms with Crippen molar-refractivity contribution >= 4 is 5.91 Å². The summed E-state index contributed by atoms with van der Waals surface area (Å²) in [5.41, 5.74) is 3.40. The molecular formula is C22H28N2O3. The maximum Gasteiger partial charge on any atom is 0.227 e. The number of carbonyl (C=O) groups excluding carboxylic acids is 1. The lowest BCUT2D eigenvalue weighted by Gasteiger charge is -2.35. The van der Waals surface area contributed by atoms with E-state index in [-0.39, 0.29) is 5.91 Å². The lowest BCUT2D eigenvalue weighted by atomic mass is 10.1. The summed E-state index contributed by atoms with van der Waals surface area (Å²) < 4.78 is 10.8. The zero-order chi connectivity index (χ0) is 19.2. The van der Waals surface area contributed by atoms with E-state index in [1.807, 2.05) is 41.3 Å². The van der Waals surface area contributed by atoms with E-state index in [4.69, 9.17) is 9.47 Å². The fraction of sp³-hybridized carbons (Fsp3) is 0.409. The van der Waals surface area contributed by atoms with Crippen molar-refractivity contribution in [3.05, 3.63) is 59.2 Å². The molecule has 5 nitrogen and oxygen atoms in total. The highest BCUT2D eigenvalue weighted by Crippen LogP contribution is 2.25. The SMILES string of the molecule is COc1ccc(OC)c(CN2CCN(C(=O)Cc3ccccc3C)CC2)c1. The largest absolute Gasteiger partial charge is 0.497 e. The van der Waals surface area contributed by atoms with E-state index < -0.39 is 0 Å². The predicted octanol–water partition coefficient (Wildman–Crippen LogP) is 2.90. The van der Waals surface area contributed by atoms with Gasteiger partial charge in [0.15, 0.2) is 0 Å². The molecule has 27 heavy (non-hydrogen) atoms. The Morgan fingerprint density at radius 1 is 0.963 bits per heavy atom. The van der Waals surface area contributed by atoms with Crippen LogP contribution in [-0.4, -0.2) is 56.1 Å². The molecule has 5 heteroatoms. The van der Waals surface area contributed by atoms with Gasteiger partial charge in [-0.2, -0.15) is 0 Å². The number of hydrogen-bond acceptors (Lipinski definition) is 4. The summed E-state index contributed by atoms with van der Waals surface area (Å²) >= 11 is 0. The number of carbonyl (C=O) groups is 1. The maximum atomic E-state index is 12.6. The van der Waals surface area contributed by atoms with Gasteiger partial charge in [-0.3, -0.25) is 9.69 Å². The third-order valence-electron chi connectivity index (χ3n) is 5.21. The molecule has 0 aliphatic carbocycles. The van der Waals surface area contributed by atoms with Crippen molar-refractivity contribution in [2.75, 3.05) is 40.4 Å². The minimum Gasteiger partial charge on any atom is -0.497 e. The van der Waals surface area contributed by atoms with Gasteiger partial charge in [-0.15, -0.1) is 0 Å². The number of hydrogen-bond donors (Lipinski definition) is 0. The van der Waals surface area contributed by atoms with Crippen LogP contribution in [0.15, 0.2) is 42.5 Å². The van der Waals surface area contributed by atoms with Crippen LogP contribution in [-0.2, 0) is 17.8 Å². The summed E-state index contributed by atoms with van der Waals surface area (Å²) in [6, 6.07) is 14.0. The van der Waals surface area contributed by atoms with Gasteiger partial charge < -0.3 is 14.4 Å². The Labute approximate surface area is 161 Å². The van der Waals surface area contributed by atoms with E-state index in [1.165, 1.54) is 5.56 Å². The summed E-state index contributed by atoms with van der Waals surface area (Å²) in [5.74, 6) is 1.91. The molecule has 1 heterocycles. The zero-order valence-corrected chi connectivity index (χ0v) is 16.4. The first-order valence-corrected chi connectivity index (χ1v) is 9.36. The van der Waals surface area contributed by atoms with Crippen LogP contribution in [0.1, 0.15) is 16.7 Å². The molecule has 0 radical (unpaired) electrons. The molecule has 0 atom stereocenters. The van der Waals surface area contributed by atoms with Crippen molar-refractivity contribution < 1.29 is 14.3 Å². The van der Waals surface area contributed by atoms with Crippen LogP contribution >= 0.6 is 0 Å². The van der Waals surface area contributed by atoms with Gasteiger partial charge in [-0.1, -0.05) is 24.3 Å². The van der Waals surface area contributed by atoms with Crippen molar-refractivity contribution in [3.63, 3.8) is 0 Å². The van der Waals surface area contributed by atoms with Gasteiger partial charge in [0, 0.05) is 38.3 Å². The number of methoxy groups -OCH3 is 2. The minimum absolute atomic E-state index is 0.211. The molecule has 2 aromatic rings. The van der Waals surface area contributed by atoms with Crippen LogP contribution in [0.5, 0.6) is 11.5 Å². The van der Waals surface area contributed by atoms with E-state index in [0.717, 1.165) is 55.3 Å². The summed E-state index contributed by atoms with van der Waals surface area (Å²) in [6.45, 7) is 6.09. The Bertz CT molecular complexity index is 783. The van der Waals surface area contributed by atoms with Gasteiger partial charge in [0.1, 0.15) is 11.5 Å². The summed E-state index contributed by atoms with van der Waals surface area (Å²) in [5, 5.41) is 0. The molecule has 1 aliphatic heterocycles. The smallest absolute Gasteiger partial charge is 0.227 e. The Balaban J connectivity index is 1.56. The van der Waals surface area contributed by atoms with Gasteiger partial charge >= 0.3 is 0 Å². The molecule has 1 saturated heterocycles. The molecule has 0 aromatic heterocycles. The van der Waals surface area contributed by atoms with Crippen LogP contribution in [0.4, 0.5) is 0 Å². The molecule has 0 N–H and O–H groups in total. The second kappa shape index (κ2) is 8.91. The van der Waals surface area contributed by atoms with Gasteiger partial charge in [-0.25, -0.2) is 0 Å². The quantitative estimate of drug-likeness (QED) is 0.786. The van der Waals surface area contributed by atoms with Crippen molar-refractivity contribution in [2.24, 2.45) is 0 Å².